The Morgan fingerprint density at radius 2 is 1.90 bits per heavy atom. The number of aromatic nitrogens is 2. The lowest BCUT2D eigenvalue weighted by molar-refractivity contribution is -0.120. The zero-order valence-electron chi connectivity index (χ0n) is 17.2. The fourth-order valence-electron chi connectivity index (χ4n) is 3.33. The highest BCUT2D eigenvalue weighted by atomic mass is 35.5. The normalized spacial score (nSPS) is 10.9. The standard InChI is InChI=1S/C23H22ClN3O3S/c1-29-20-8-3-15(11-21(20)30-2)9-10-25-22(28)12-18-14-31-23-26-19(13-27(18)23)16-4-6-17(24)7-5-16/h3-8,11,13-14H,9-10,12H2,1-2H3,(H,25,28). The first kappa shape index (κ1) is 21.2. The molecular weight excluding hydrogens is 434 g/mol. The summed E-state index contributed by atoms with van der Waals surface area (Å²) in [6.45, 7) is 0.543. The van der Waals surface area contributed by atoms with Gasteiger partial charge in [-0.2, -0.15) is 0 Å². The van der Waals surface area contributed by atoms with Crippen molar-refractivity contribution in [3.8, 4) is 22.8 Å². The molecule has 6 nitrogen and oxygen atoms in total. The fraction of sp³-hybridized carbons (Fsp3) is 0.217. The number of methoxy groups -OCH3 is 2. The molecule has 4 aromatic rings. The number of imidazole rings is 1. The molecule has 1 N–H and O–H groups in total. The van der Waals surface area contributed by atoms with Crippen molar-refractivity contribution in [2.24, 2.45) is 0 Å². The molecular formula is C23H22ClN3O3S. The van der Waals surface area contributed by atoms with Gasteiger partial charge < -0.3 is 14.8 Å². The maximum absolute atomic E-state index is 12.5. The van der Waals surface area contributed by atoms with Gasteiger partial charge in [0.1, 0.15) is 0 Å². The highest BCUT2D eigenvalue weighted by Gasteiger charge is 2.13. The van der Waals surface area contributed by atoms with Gasteiger partial charge in [-0.3, -0.25) is 9.20 Å². The van der Waals surface area contributed by atoms with Crippen LogP contribution in [0, 0.1) is 0 Å². The number of hydrogen-bond acceptors (Lipinski definition) is 5. The minimum Gasteiger partial charge on any atom is -0.493 e. The van der Waals surface area contributed by atoms with E-state index in [0.717, 1.165) is 27.5 Å². The maximum Gasteiger partial charge on any atom is 0.225 e. The van der Waals surface area contributed by atoms with E-state index in [1.807, 2.05) is 58.4 Å². The molecule has 2 aromatic heterocycles. The van der Waals surface area contributed by atoms with Gasteiger partial charge in [0.15, 0.2) is 16.5 Å². The highest BCUT2D eigenvalue weighted by molar-refractivity contribution is 7.15. The summed E-state index contributed by atoms with van der Waals surface area (Å²) in [7, 11) is 3.22. The molecule has 0 aliphatic rings. The Balaban J connectivity index is 1.37. The Morgan fingerprint density at radius 1 is 1.13 bits per heavy atom. The number of halogens is 1. The second-order valence-electron chi connectivity index (χ2n) is 6.98. The minimum absolute atomic E-state index is 0.0260. The molecule has 0 spiro atoms. The molecule has 160 valence electrons. The number of thiazole rings is 1. The Kier molecular flexibility index (Phi) is 6.44. The average molecular weight is 456 g/mol. The molecule has 4 rings (SSSR count). The number of carbonyl (C=O) groups is 1. The summed E-state index contributed by atoms with van der Waals surface area (Å²) >= 11 is 7.49. The first-order chi connectivity index (χ1) is 15.1. The van der Waals surface area contributed by atoms with Crippen LogP contribution in [0.25, 0.3) is 16.2 Å². The zero-order valence-corrected chi connectivity index (χ0v) is 18.8. The third kappa shape index (κ3) is 4.84. The number of ether oxygens (including phenoxy) is 2. The first-order valence-corrected chi connectivity index (χ1v) is 11.0. The van der Waals surface area contributed by atoms with Gasteiger partial charge in [-0.15, -0.1) is 11.3 Å². The summed E-state index contributed by atoms with van der Waals surface area (Å²) in [4.78, 5) is 18.0. The molecule has 0 fully saturated rings. The van der Waals surface area contributed by atoms with Crippen LogP contribution < -0.4 is 14.8 Å². The Morgan fingerprint density at radius 3 is 2.65 bits per heavy atom. The second-order valence-corrected chi connectivity index (χ2v) is 8.25. The van der Waals surface area contributed by atoms with Gasteiger partial charge in [-0.25, -0.2) is 4.98 Å². The van der Waals surface area contributed by atoms with Crippen molar-refractivity contribution in [2.45, 2.75) is 12.8 Å². The average Bonchev–Trinajstić information content (AvgIpc) is 3.36. The van der Waals surface area contributed by atoms with Gasteiger partial charge in [0.05, 0.1) is 26.3 Å². The van der Waals surface area contributed by atoms with Crippen LogP contribution in [-0.4, -0.2) is 36.1 Å². The molecule has 0 atom stereocenters. The van der Waals surface area contributed by atoms with Crippen molar-refractivity contribution >= 4 is 33.8 Å². The number of fused-ring (bicyclic) bond motifs is 1. The van der Waals surface area contributed by atoms with Crippen LogP contribution in [0.15, 0.2) is 54.0 Å². The SMILES string of the molecule is COc1ccc(CCNC(=O)Cc2csc3nc(-c4ccc(Cl)cc4)cn23)cc1OC. The van der Waals surface area contributed by atoms with E-state index < -0.39 is 0 Å². The second kappa shape index (κ2) is 9.41. The fourth-order valence-corrected chi connectivity index (χ4v) is 4.32. The first-order valence-electron chi connectivity index (χ1n) is 9.76. The van der Waals surface area contributed by atoms with E-state index in [2.05, 4.69) is 10.3 Å². The van der Waals surface area contributed by atoms with E-state index >= 15 is 0 Å². The van der Waals surface area contributed by atoms with Crippen LogP contribution in [0.4, 0.5) is 0 Å². The molecule has 0 radical (unpaired) electrons. The molecule has 0 aliphatic carbocycles. The zero-order chi connectivity index (χ0) is 21.8. The summed E-state index contributed by atoms with van der Waals surface area (Å²) in [5.74, 6) is 1.35. The monoisotopic (exact) mass is 455 g/mol. The van der Waals surface area contributed by atoms with E-state index in [4.69, 9.17) is 21.1 Å². The van der Waals surface area contributed by atoms with Crippen LogP contribution in [0.3, 0.4) is 0 Å². The minimum atomic E-state index is -0.0260. The summed E-state index contributed by atoms with van der Waals surface area (Å²) in [6, 6.07) is 13.3. The van der Waals surface area contributed by atoms with E-state index in [9.17, 15) is 4.79 Å². The van der Waals surface area contributed by atoms with Gasteiger partial charge in [-0.05, 0) is 36.2 Å². The van der Waals surface area contributed by atoms with Crippen LogP contribution >= 0.6 is 22.9 Å². The molecule has 0 unspecified atom stereocenters. The van der Waals surface area contributed by atoms with Gasteiger partial charge in [-0.1, -0.05) is 29.8 Å². The number of benzene rings is 2. The summed E-state index contributed by atoms with van der Waals surface area (Å²) in [5.41, 5.74) is 3.83. The molecule has 0 saturated carbocycles. The van der Waals surface area contributed by atoms with Gasteiger partial charge in [0, 0.05) is 34.4 Å². The van der Waals surface area contributed by atoms with Crippen molar-refractivity contribution in [1.29, 1.82) is 0 Å². The summed E-state index contributed by atoms with van der Waals surface area (Å²) < 4.78 is 12.6. The van der Waals surface area contributed by atoms with Crippen molar-refractivity contribution < 1.29 is 14.3 Å². The predicted octanol–water partition coefficient (Wildman–Crippen LogP) is 4.63. The molecule has 2 heterocycles. The van der Waals surface area contributed by atoms with E-state index in [1.165, 1.54) is 11.3 Å². The van der Waals surface area contributed by atoms with Crippen LogP contribution in [0.5, 0.6) is 11.5 Å². The van der Waals surface area contributed by atoms with Crippen LogP contribution in [-0.2, 0) is 17.6 Å². The van der Waals surface area contributed by atoms with Crippen molar-refractivity contribution in [3.63, 3.8) is 0 Å². The van der Waals surface area contributed by atoms with E-state index in [1.54, 1.807) is 14.2 Å². The van der Waals surface area contributed by atoms with Crippen LogP contribution in [0.2, 0.25) is 5.02 Å². The number of carbonyl (C=O) groups excluding carboxylic acids is 1. The van der Waals surface area contributed by atoms with Gasteiger partial charge >= 0.3 is 0 Å². The summed E-state index contributed by atoms with van der Waals surface area (Å²) in [6.07, 6.45) is 2.96. The molecule has 2 aromatic carbocycles. The predicted molar refractivity (Wildman–Crippen MR) is 123 cm³/mol. The Labute approximate surface area is 189 Å². The third-order valence-corrected chi connectivity index (χ3v) is 6.09. The molecule has 0 aliphatic heterocycles. The molecule has 1 amide bonds. The van der Waals surface area contributed by atoms with E-state index in [-0.39, 0.29) is 5.91 Å². The molecule has 8 heteroatoms. The van der Waals surface area contributed by atoms with Crippen molar-refractivity contribution in [1.82, 2.24) is 14.7 Å². The van der Waals surface area contributed by atoms with Crippen LogP contribution in [0.1, 0.15) is 11.3 Å². The Bertz CT molecular complexity index is 1200. The lowest BCUT2D eigenvalue weighted by Gasteiger charge is -2.10. The topological polar surface area (TPSA) is 64.9 Å². The third-order valence-electron chi connectivity index (χ3n) is 4.95. The highest BCUT2D eigenvalue weighted by Crippen LogP contribution is 2.28. The Hall–Kier alpha value is -3.03. The maximum atomic E-state index is 12.5. The largest absolute Gasteiger partial charge is 0.493 e. The molecule has 0 saturated heterocycles. The number of hydrogen-bond donors (Lipinski definition) is 1. The van der Waals surface area contributed by atoms with Gasteiger partial charge in [0.25, 0.3) is 0 Å². The smallest absolute Gasteiger partial charge is 0.225 e. The number of nitrogens with one attached hydrogen (secondary N) is 1. The number of nitrogens with zero attached hydrogens (tertiary/aromatic N) is 2. The lowest BCUT2D eigenvalue weighted by Crippen LogP contribution is -2.27. The van der Waals surface area contributed by atoms with Crippen molar-refractivity contribution in [2.75, 3.05) is 20.8 Å². The summed E-state index contributed by atoms with van der Waals surface area (Å²) in [5, 5.41) is 5.65. The van der Waals surface area contributed by atoms with E-state index in [0.29, 0.717) is 35.9 Å². The quantitative estimate of drug-likeness (QED) is 0.420. The molecule has 31 heavy (non-hydrogen) atoms. The molecule has 0 bridgehead atoms. The number of amides is 1. The van der Waals surface area contributed by atoms with Crippen molar-refractivity contribution in [3.05, 3.63) is 70.3 Å². The lowest BCUT2D eigenvalue weighted by atomic mass is 10.1. The number of rotatable bonds is 8. The van der Waals surface area contributed by atoms with Gasteiger partial charge in [0.2, 0.25) is 5.91 Å².